The summed E-state index contributed by atoms with van der Waals surface area (Å²) in [6.45, 7) is 5.73. The van der Waals surface area contributed by atoms with Gasteiger partial charge >= 0.3 is 12.1 Å². The first-order valence-electron chi connectivity index (χ1n) is 7.12. The van der Waals surface area contributed by atoms with Crippen LogP contribution < -0.4 is 5.32 Å². The number of ether oxygens (including phenoxy) is 2. The van der Waals surface area contributed by atoms with E-state index in [1.807, 2.05) is 0 Å². The number of amides is 1. The summed E-state index contributed by atoms with van der Waals surface area (Å²) in [7, 11) is 0. The van der Waals surface area contributed by atoms with Crippen molar-refractivity contribution in [2.75, 3.05) is 6.61 Å². The summed E-state index contributed by atoms with van der Waals surface area (Å²) in [4.78, 5) is 22.6. The van der Waals surface area contributed by atoms with Crippen molar-refractivity contribution in [2.24, 2.45) is 0 Å². The third-order valence-corrected chi connectivity index (χ3v) is 3.03. The number of carboxylic acids is 1. The monoisotopic (exact) mass is 287 g/mol. The van der Waals surface area contributed by atoms with Crippen molar-refractivity contribution in [1.82, 2.24) is 5.32 Å². The second kappa shape index (κ2) is 7.47. The number of hydrogen-bond donors (Lipinski definition) is 2. The molecule has 1 aliphatic carbocycles. The third kappa shape index (κ3) is 6.75. The van der Waals surface area contributed by atoms with Gasteiger partial charge in [0.2, 0.25) is 0 Å². The maximum Gasteiger partial charge on any atom is 0.408 e. The Hall–Kier alpha value is -1.30. The minimum atomic E-state index is -1.06. The highest BCUT2D eigenvalue weighted by atomic mass is 16.6. The Balaban J connectivity index is 2.24. The van der Waals surface area contributed by atoms with Gasteiger partial charge in [0.05, 0.1) is 6.10 Å². The molecule has 6 heteroatoms. The zero-order chi connectivity index (χ0) is 15.2. The van der Waals surface area contributed by atoms with Gasteiger partial charge in [0, 0.05) is 6.61 Å². The summed E-state index contributed by atoms with van der Waals surface area (Å²) < 4.78 is 10.6. The lowest BCUT2D eigenvalue weighted by Crippen LogP contribution is -2.43. The SMILES string of the molecule is CC(C)(C)OC(=O)NC(CCCOC1CCC1)C(=O)O. The number of rotatable bonds is 7. The number of nitrogens with one attached hydrogen (secondary N) is 1. The third-order valence-electron chi connectivity index (χ3n) is 3.03. The summed E-state index contributed by atoms with van der Waals surface area (Å²) in [5.74, 6) is -1.06. The maximum atomic E-state index is 11.5. The summed E-state index contributed by atoms with van der Waals surface area (Å²) >= 11 is 0. The van der Waals surface area contributed by atoms with Crippen LogP contribution in [0.3, 0.4) is 0 Å². The van der Waals surface area contributed by atoms with E-state index < -0.39 is 23.7 Å². The molecule has 20 heavy (non-hydrogen) atoms. The van der Waals surface area contributed by atoms with Gasteiger partial charge in [-0.1, -0.05) is 0 Å². The van der Waals surface area contributed by atoms with E-state index in [-0.39, 0.29) is 0 Å². The van der Waals surface area contributed by atoms with Crippen LogP contribution in [0.1, 0.15) is 52.9 Å². The molecule has 0 spiro atoms. The molecule has 0 radical (unpaired) electrons. The fraction of sp³-hybridized carbons (Fsp3) is 0.857. The number of carbonyl (C=O) groups excluding carboxylic acids is 1. The van der Waals surface area contributed by atoms with Gasteiger partial charge in [-0.3, -0.25) is 0 Å². The minimum absolute atomic E-state index is 0.335. The van der Waals surface area contributed by atoms with Crippen molar-refractivity contribution in [3.05, 3.63) is 0 Å². The van der Waals surface area contributed by atoms with Gasteiger partial charge in [0.15, 0.2) is 0 Å². The van der Waals surface area contributed by atoms with E-state index in [0.29, 0.717) is 25.6 Å². The van der Waals surface area contributed by atoms with E-state index in [9.17, 15) is 9.59 Å². The van der Waals surface area contributed by atoms with Crippen LogP contribution in [-0.2, 0) is 14.3 Å². The molecular formula is C14H25NO5. The average molecular weight is 287 g/mol. The molecule has 0 heterocycles. The van der Waals surface area contributed by atoms with Gasteiger partial charge < -0.3 is 19.9 Å². The quantitative estimate of drug-likeness (QED) is 0.702. The molecule has 1 amide bonds. The molecule has 1 aliphatic rings. The van der Waals surface area contributed by atoms with Crippen molar-refractivity contribution in [3.63, 3.8) is 0 Å². The fourth-order valence-electron chi connectivity index (χ4n) is 1.78. The first-order valence-corrected chi connectivity index (χ1v) is 7.12. The van der Waals surface area contributed by atoms with Gasteiger partial charge in [0.25, 0.3) is 0 Å². The van der Waals surface area contributed by atoms with Crippen LogP contribution in [-0.4, -0.2) is 41.5 Å². The highest BCUT2D eigenvalue weighted by Gasteiger charge is 2.24. The summed E-state index contributed by atoms with van der Waals surface area (Å²) in [5.41, 5.74) is -0.638. The zero-order valence-electron chi connectivity index (χ0n) is 12.5. The largest absolute Gasteiger partial charge is 0.480 e. The Bertz CT molecular complexity index is 333. The van der Waals surface area contributed by atoms with Gasteiger partial charge in [-0.15, -0.1) is 0 Å². The van der Waals surface area contributed by atoms with Crippen molar-refractivity contribution in [3.8, 4) is 0 Å². The van der Waals surface area contributed by atoms with Gasteiger partial charge in [-0.2, -0.15) is 0 Å². The maximum absolute atomic E-state index is 11.5. The second-order valence-electron chi connectivity index (χ2n) is 6.10. The Morgan fingerprint density at radius 2 is 2.00 bits per heavy atom. The smallest absolute Gasteiger partial charge is 0.408 e. The van der Waals surface area contributed by atoms with E-state index in [4.69, 9.17) is 14.6 Å². The van der Waals surface area contributed by atoms with E-state index in [1.165, 1.54) is 6.42 Å². The first kappa shape index (κ1) is 16.8. The van der Waals surface area contributed by atoms with E-state index >= 15 is 0 Å². The predicted octanol–water partition coefficient (Wildman–Crippen LogP) is 2.31. The average Bonchev–Trinajstić information content (AvgIpc) is 2.21. The molecule has 0 bridgehead atoms. The van der Waals surface area contributed by atoms with Crippen LogP contribution >= 0.6 is 0 Å². The highest BCUT2D eigenvalue weighted by molar-refractivity contribution is 5.79. The number of alkyl carbamates (subject to hydrolysis) is 1. The first-order chi connectivity index (χ1) is 9.28. The second-order valence-corrected chi connectivity index (χ2v) is 6.10. The van der Waals surface area contributed by atoms with Gasteiger partial charge in [-0.05, 0) is 52.9 Å². The molecule has 0 aromatic heterocycles. The Morgan fingerprint density at radius 3 is 2.45 bits per heavy atom. The molecular weight excluding hydrogens is 262 g/mol. The minimum Gasteiger partial charge on any atom is -0.480 e. The molecule has 0 aromatic rings. The normalized spacial score (nSPS) is 17.1. The van der Waals surface area contributed by atoms with Crippen molar-refractivity contribution in [1.29, 1.82) is 0 Å². The molecule has 6 nitrogen and oxygen atoms in total. The molecule has 1 fully saturated rings. The Labute approximate surface area is 119 Å². The zero-order valence-corrected chi connectivity index (χ0v) is 12.5. The van der Waals surface area contributed by atoms with Crippen LogP contribution in [0.25, 0.3) is 0 Å². The van der Waals surface area contributed by atoms with Gasteiger partial charge in [-0.25, -0.2) is 9.59 Å². The summed E-state index contributed by atoms with van der Waals surface area (Å²) in [6, 6.07) is -0.935. The van der Waals surface area contributed by atoms with Crippen LogP contribution in [0.15, 0.2) is 0 Å². The molecule has 2 N–H and O–H groups in total. The van der Waals surface area contributed by atoms with Crippen molar-refractivity contribution >= 4 is 12.1 Å². The summed E-state index contributed by atoms with van der Waals surface area (Å²) in [6.07, 6.45) is 3.98. The number of hydrogen-bond acceptors (Lipinski definition) is 4. The van der Waals surface area contributed by atoms with E-state index in [1.54, 1.807) is 20.8 Å². The lowest BCUT2D eigenvalue weighted by atomic mass is 9.96. The van der Waals surface area contributed by atoms with Crippen LogP contribution in [0.5, 0.6) is 0 Å². The Morgan fingerprint density at radius 1 is 1.35 bits per heavy atom. The standard InChI is InChI=1S/C14H25NO5/c1-14(2,3)20-13(18)15-11(12(16)17)8-5-9-19-10-6-4-7-10/h10-11H,4-9H2,1-3H3,(H,15,18)(H,16,17). The number of carbonyl (C=O) groups is 2. The van der Waals surface area contributed by atoms with Gasteiger partial charge in [0.1, 0.15) is 11.6 Å². The number of carboxylic acid groups (broad SMARTS) is 1. The van der Waals surface area contributed by atoms with Crippen LogP contribution in [0, 0.1) is 0 Å². The van der Waals surface area contributed by atoms with Crippen LogP contribution in [0.2, 0.25) is 0 Å². The molecule has 0 aromatic carbocycles. The topological polar surface area (TPSA) is 84.9 Å². The highest BCUT2D eigenvalue weighted by Crippen LogP contribution is 2.22. The van der Waals surface area contributed by atoms with Crippen LogP contribution in [0.4, 0.5) is 4.79 Å². The molecule has 0 saturated heterocycles. The molecule has 116 valence electrons. The molecule has 1 atom stereocenters. The van der Waals surface area contributed by atoms with E-state index in [0.717, 1.165) is 12.8 Å². The molecule has 1 saturated carbocycles. The number of aliphatic carboxylic acids is 1. The molecule has 0 aliphatic heterocycles. The summed E-state index contributed by atoms with van der Waals surface area (Å²) in [5, 5.41) is 11.4. The predicted molar refractivity (Wildman–Crippen MR) is 73.6 cm³/mol. The van der Waals surface area contributed by atoms with E-state index in [2.05, 4.69) is 5.32 Å². The lowest BCUT2D eigenvalue weighted by molar-refractivity contribution is -0.139. The van der Waals surface area contributed by atoms with Crippen molar-refractivity contribution < 1.29 is 24.2 Å². The lowest BCUT2D eigenvalue weighted by Gasteiger charge is -2.26. The molecule has 1 unspecified atom stereocenters. The fourth-order valence-corrected chi connectivity index (χ4v) is 1.78. The van der Waals surface area contributed by atoms with Crippen molar-refractivity contribution in [2.45, 2.75) is 70.6 Å². The molecule has 1 rings (SSSR count). The Kier molecular flexibility index (Phi) is 6.26.